The lowest BCUT2D eigenvalue weighted by molar-refractivity contribution is 0.415. The molecular weight excluding hydrogens is 336 g/mol. The number of nitrogens with one attached hydrogen (secondary N) is 1. The second-order valence-electron chi connectivity index (χ2n) is 3.44. The van der Waals surface area contributed by atoms with Crippen LogP contribution in [0.25, 0.3) is 0 Å². The summed E-state index contributed by atoms with van der Waals surface area (Å²) in [6, 6.07) is 8.25. The number of benzene rings is 1. The summed E-state index contributed by atoms with van der Waals surface area (Å²) < 4.78 is 5.13. The third kappa shape index (κ3) is 3.96. The zero-order valence-electron chi connectivity index (χ0n) is 9.31. The standard InChI is InChI=1S/C11H16N2O.2BrH/c1-14-11-4-2-10(3-5-11)13-8-6-12-7-9-13;;/h2-5,12H,6-9H2,1H3;2*1H. The number of methoxy groups -OCH3 is 1. The van der Waals surface area contributed by atoms with Crippen molar-refractivity contribution in [3.05, 3.63) is 24.3 Å². The lowest BCUT2D eigenvalue weighted by Gasteiger charge is -2.29. The van der Waals surface area contributed by atoms with E-state index in [0.717, 1.165) is 31.9 Å². The maximum absolute atomic E-state index is 5.13. The van der Waals surface area contributed by atoms with Gasteiger partial charge in [-0.1, -0.05) is 0 Å². The van der Waals surface area contributed by atoms with Crippen LogP contribution in [0.3, 0.4) is 0 Å². The highest BCUT2D eigenvalue weighted by Gasteiger charge is 2.09. The number of ether oxygens (including phenoxy) is 1. The van der Waals surface area contributed by atoms with Crippen molar-refractivity contribution in [1.29, 1.82) is 0 Å². The van der Waals surface area contributed by atoms with E-state index in [1.54, 1.807) is 7.11 Å². The number of piperazine rings is 1. The van der Waals surface area contributed by atoms with Crippen LogP contribution in [-0.4, -0.2) is 33.3 Å². The largest absolute Gasteiger partial charge is 0.497 e. The van der Waals surface area contributed by atoms with Crippen LogP contribution in [0.2, 0.25) is 0 Å². The average molecular weight is 354 g/mol. The molecule has 0 bridgehead atoms. The van der Waals surface area contributed by atoms with Crippen LogP contribution < -0.4 is 15.0 Å². The minimum Gasteiger partial charge on any atom is -0.497 e. The molecule has 3 nitrogen and oxygen atoms in total. The van der Waals surface area contributed by atoms with Gasteiger partial charge in [0.25, 0.3) is 0 Å². The number of hydrogen-bond acceptors (Lipinski definition) is 3. The molecular formula is C11H18Br2N2O. The summed E-state index contributed by atoms with van der Waals surface area (Å²) in [4.78, 5) is 2.38. The van der Waals surface area contributed by atoms with E-state index in [1.165, 1.54) is 5.69 Å². The molecule has 0 amide bonds. The Morgan fingerprint density at radius 2 is 1.62 bits per heavy atom. The minimum absolute atomic E-state index is 0. The van der Waals surface area contributed by atoms with Crippen LogP contribution in [-0.2, 0) is 0 Å². The molecule has 1 fully saturated rings. The molecule has 0 atom stereocenters. The highest BCUT2D eigenvalue weighted by Crippen LogP contribution is 2.19. The van der Waals surface area contributed by atoms with Gasteiger partial charge in [-0.2, -0.15) is 0 Å². The molecule has 1 heterocycles. The summed E-state index contributed by atoms with van der Waals surface area (Å²) in [5.41, 5.74) is 1.28. The summed E-state index contributed by atoms with van der Waals surface area (Å²) in [6.07, 6.45) is 0. The van der Waals surface area contributed by atoms with Gasteiger partial charge in [0.05, 0.1) is 7.11 Å². The van der Waals surface area contributed by atoms with Crippen LogP contribution >= 0.6 is 34.0 Å². The van der Waals surface area contributed by atoms with Crippen molar-refractivity contribution in [1.82, 2.24) is 5.32 Å². The van der Waals surface area contributed by atoms with Gasteiger partial charge in [0.15, 0.2) is 0 Å². The topological polar surface area (TPSA) is 24.5 Å². The first kappa shape index (κ1) is 15.7. The molecule has 0 aromatic heterocycles. The lowest BCUT2D eigenvalue weighted by Crippen LogP contribution is -2.43. The second kappa shape index (κ2) is 7.92. The highest BCUT2D eigenvalue weighted by atomic mass is 79.9. The van der Waals surface area contributed by atoms with E-state index in [0.29, 0.717) is 0 Å². The Hall–Kier alpha value is -0.260. The van der Waals surface area contributed by atoms with Crippen LogP contribution in [0.15, 0.2) is 24.3 Å². The van der Waals surface area contributed by atoms with Gasteiger partial charge in [-0.05, 0) is 24.3 Å². The summed E-state index contributed by atoms with van der Waals surface area (Å²) in [6.45, 7) is 4.33. The summed E-state index contributed by atoms with van der Waals surface area (Å²) in [7, 11) is 1.69. The van der Waals surface area contributed by atoms with E-state index in [2.05, 4.69) is 22.3 Å². The Morgan fingerprint density at radius 3 is 2.12 bits per heavy atom. The molecule has 0 saturated carbocycles. The molecule has 1 aromatic carbocycles. The Kier molecular flexibility index (Phi) is 7.80. The van der Waals surface area contributed by atoms with Gasteiger partial charge in [0.1, 0.15) is 5.75 Å². The first-order valence-electron chi connectivity index (χ1n) is 5.00. The molecule has 92 valence electrons. The van der Waals surface area contributed by atoms with E-state index in [-0.39, 0.29) is 34.0 Å². The van der Waals surface area contributed by atoms with Crippen molar-refractivity contribution in [2.24, 2.45) is 0 Å². The van der Waals surface area contributed by atoms with Crippen molar-refractivity contribution in [3.63, 3.8) is 0 Å². The predicted octanol–water partition coefficient (Wildman–Crippen LogP) is 2.26. The molecule has 0 unspecified atom stereocenters. The Balaban J connectivity index is 0.00000112. The molecule has 16 heavy (non-hydrogen) atoms. The van der Waals surface area contributed by atoms with Gasteiger partial charge in [0.2, 0.25) is 0 Å². The Bertz CT molecular complexity index is 287. The highest BCUT2D eigenvalue weighted by molar-refractivity contribution is 8.93. The fraction of sp³-hybridized carbons (Fsp3) is 0.455. The van der Waals surface area contributed by atoms with Gasteiger partial charge < -0.3 is 15.0 Å². The van der Waals surface area contributed by atoms with Crippen LogP contribution in [0.5, 0.6) is 5.75 Å². The zero-order chi connectivity index (χ0) is 9.80. The molecule has 1 aliphatic rings. The van der Waals surface area contributed by atoms with Crippen molar-refractivity contribution < 1.29 is 4.74 Å². The van der Waals surface area contributed by atoms with E-state index in [9.17, 15) is 0 Å². The van der Waals surface area contributed by atoms with E-state index < -0.39 is 0 Å². The number of halogens is 2. The minimum atomic E-state index is 0. The van der Waals surface area contributed by atoms with Crippen molar-refractivity contribution in [3.8, 4) is 5.75 Å². The van der Waals surface area contributed by atoms with Gasteiger partial charge in [-0.3, -0.25) is 0 Å². The SMILES string of the molecule is Br.Br.COc1ccc(N2CCNCC2)cc1. The normalized spacial score (nSPS) is 14.7. The fourth-order valence-electron chi connectivity index (χ4n) is 1.72. The first-order chi connectivity index (χ1) is 6.90. The van der Waals surface area contributed by atoms with Gasteiger partial charge in [0, 0.05) is 31.9 Å². The average Bonchev–Trinajstić information content (AvgIpc) is 2.30. The van der Waals surface area contributed by atoms with E-state index in [1.807, 2.05) is 12.1 Å². The van der Waals surface area contributed by atoms with E-state index >= 15 is 0 Å². The maximum Gasteiger partial charge on any atom is 0.119 e. The molecule has 1 aromatic rings. The van der Waals surface area contributed by atoms with Crippen LogP contribution in [0.4, 0.5) is 5.69 Å². The number of anilines is 1. The fourth-order valence-corrected chi connectivity index (χ4v) is 1.72. The smallest absolute Gasteiger partial charge is 0.119 e. The third-order valence-corrected chi connectivity index (χ3v) is 2.55. The molecule has 5 heteroatoms. The molecule has 1 saturated heterocycles. The molecule has 2 rings (SSSR count). The second-order valence-corrected chi connectivity index (χ2v) is 3.44. The van der Waals surface area contributed by atoms with E-state index in [4.69, 9.17) is 4.74 Å². The number of nitrogens with zero attached hydrogens (tertiary/aromatic N) is 1. The zero-order valence-corrected chi connectivity index (χ0v) is 12.7. The summed E-state index contributed by atoms with van der Waals surface area (Å²) in [5.74, 6) is 0.920. The molecule has 0 radical (unpaired) electrons. The summed E-state index contributed by atoms with van der Waals surface area (Å²) >= 11 is 0. The number of rotatable bonds is 2. The van der Waals surface area contributed by atoms with Gasteiger partial charge in [-0.25, -0.2) is 0 Å². The Morgan fingerprint density at radius 1 is 1.06 bits per heavy atom. The summed E-state index contributed by atoms with van der Waals surface area (Å²) in [5, 5.41) is 3.34. The quantitative estimate of drug-likeness (QED) is 0.882. The maximum atomic E-state index is 5.13. The van der Waals surface area contributed by atoms with Crippen LogP contribution in [0.1, 0.15) is 0 Å². The third-order valence-electron chi connectivity index (χ3n) is 2.55. The van der Waals surface area contributed by atoms with Crippen molar-refractivity contribution >= 4 is 39.7 Å². The van der Waals surface area contributed by atoms with Crippen LogP contribution in [0, 0.1) is 0 Å². The molecule has 0 aliphatic carbocycles. The predicted molar refractivity (Wildman–Crippen MR) is 78.7 cm³/mol. The monoisotopic (exact) mass is 352 g/mol. The molecule has 0 spiro atoms. The van der Waals surface area contributed by atoms with Crippen molar-refractivity contribution in [2.45, 2.75) is 0 Å². The lowest BCUT2D eigenvalue weighted by atomic mass is 10.2. The number of hydrogen-bond donors (Lipinski definition) is 1. The molecule has 1 N–H and O–H groups in total. The first-order valence-corrected chi connectivity index (χ1v) is 5.00. The van der Waals surface area contributed by atoms with Gasteiger partial charge in [-0.15, -0.1) is 34.0 Å². The Labute approximate surface area is 118 Å². The van der Waals surface area contributed by atoms with Crippen molar-refractivity contribution in [2.75, 3.05) is 38.2 Å². The van der Waals surface area contributed by atoms with Gasteiger partial charge >= 0.3 is 0 Å². The molecule has 1 aliphatic heterocycles.